The van der Waals surface area contributed by atoms with Gasteiger partial charge in [0.15, 0.2) is 11.5 Å². The second-order valence-electron chi connectivity index (χ2n) is 3.26. The summed E-state index contributed by atoms with van der Waals surface area (Å²) < 4.78 is 15.3. The molecule has 0 aliphatic heterocycles. The highest BCUT2D eigenvalue weighted by Gasteiger charge is 2.10. The fourth-order valence-corrected chi connectivity index (χ4v) is 1.19. The van der Waals surface area contributed by atoms with E-state index in [0.29, 0.717) is 18.1 Å². The van der Waals surface area contributed by atoms with Crippen molar-refractivity contribution in [1.82, 2.24) is 0 Å². The van der Waals surface area contributed by atoms with E-state index in [-0.39, 0.29) is 12.2 Å². The molecule has 0 radical (unpaired) electrons. The van der Waals surface area contributed by atoms with Gasteiger partial charge in [0.25, 0.3) is 0 Å². The quantitative estimate of drug-likeness (QED) is 0.561. The number of benzene rings is 1. The van der Waals surface area contributed by atoms with Gasteiger partial charge in [0, 0.05) is 0 Å². The standard InChI is InChI=1S/C13H16O4/c1-4-16-13(14)10(2)9-17-12-8-6-5-7-11(12)15-3/h5-8H,2,4,9H2,1,3H3. The van der Waals surface area contributed by atoms with E-state index in [1.165, 1.54) is 0 Å². The van der Waals surface area contributed by atoms with Gasteiger partial charge in [-0.1, -0.05) is 18.7 Å². The highest BCUT2D eigenvalue weighted by atomic mass is 16.5. The molecule has 0 unspecified atom stereocenters. The number of ether oxygens (including phenoxy) is 3. The van der Waals surface area contributed by atoms with E-state index >= 15 is 0 Å². The van der Waals surface area contributed by atoms with Crippen LogP contribution in [-0.2, 0) is 9.53 Å². The molecule has 0 saturated carbocycles. The van der Waals surface area contributed by atoms with Gasteiger partial charge in [0.05, 0.1) is 19.3 Å². The monoisotopic (exact) mass is 236 g/mol. The maximum atomic E-state index is 11.3. The molecule has 4 heteroatoms. The van der Waals surface area contributed by atoms with Crippen LogP contribution in [0.1, 0.15) is 6.92 Å². The van der Waals surface area contributed by atoms with Crippen molar-refractivity contribution in [1.29, 1.82) is 0 Å². The molecule has 0 aliphatic carbocycles. The summed E-state index contributed by atoms with van der Waals surface area (Å²) in [5, 5.41) is 0. The average Bonchev–Trinajstić information content (AvgIpc) is 2.36. The Hall–Kier alpha value is -1.97. The molecule has 0 amide bonds. The highest BCUT2D eigenvalue weighted by Crippen LogP contribution is 2.25. The Morgan fingerprint density at radius 2 is 1.94 bits per heavy atom. The van der Waals surface area contributed by atoms with Gasteiger partial charge in [0.1, 0.15) is 6.61 Å². The van der Waals surface area contributed by atoms with E-state index in [4.69, 9.17) is 14.2 Å². The first-order chi connectivity index (χ1) is 8.19. The lowest BCUT2D eigenvalue weighted by Crippen LogP contribution is -2.13. The summed E-state index contributed by atoms with van der Waals surface area (Å²) in [6.45, 7) is 5.75. The van der Waals surface area contributed by atoms with Crippen molar-refractivity contribution in [2.24, 2.45) is 0 Å². The van der Waals surface area contributed by atoms with E-state index in [1.54, 1.807) is 26.2 Å². The number of hydrogen-bond donors (Lipinski definition) is 0. The second kappa shape index (κ2) is 6.58. The summed E-state index contributed by atoms with van der Waals surface area (Å²) in [6.07, 6.45) is 0. The van der Waals surface area contributed by atoms with Crippen LogP contribution in [0.3, 0.4) is 0 Å². The van der Waals surface area contributed by atoms with Gasteiger partial charge in [-0.25, -0.2) is 4.79 Å². The summed E-state index contributed by atoms with van der Waals surface area (Å²) in [4.78, 5) is 11.3. The van der Waals surface area contributed by atoms with Crippen LogP contribution in [-0.4, -0.2) is 26.3 Å². The van der Waals surface area contributed by atoms with Gasteiger partial charge >= 0.3 is 5.97 Å². The van der Waals surface area contributed by atoms with Crippen LogP contribution < -0.4 is 9.47 Å². The highest BCUT2D eigenvalue weighted by molar-refractivity contribution is 5.88. The van der Waals surface area contributed by atoms with Crippen LogP contribution in [0.15, 0.2) is 36.4 Å². The van der Waals surface area contributed by atoms with Crippen LogP contribution in [0, 0.1) is 0 Å². The Balaban J connectivity index is 2.55. The summed E-state index contributed by atoms with van der Waals surface area (Å²) in [5.41, 5.74) is 0.276. The third-order valence-corrected chi connectivity index (χ3v) is 2.04. The molecule has 0 saturated heterocycles. The molecule has 0 aliphatic rings. The number of carbonyl (C=O) groups excluding carboxylic acids is 1. The first-order valence-electron chi connectivity index (χ1n) is 5.29. The number of carbonyl (C=O) groups is 1. The Labute approximate surface area is 101 Å². The molecule has 92 valence electrons. The van der Waals surface area contributed by atoms with Crippen LogP contribution in [0.4, 0.5) is 0 Å². The predicted molar refractivity (Wildman–Crippen MR) is 64.3 cm³/mol. The van der Waals surface area contributed by atoms with Crippen LogP contribution >= 0.6 is 0 Å². The van der Waals surface area contributed by atoms with E-state index in [2.05, 4.69) is 6.58 Å². The number of esters is 1. The van der Waals surface area contributed by atoms with Gasteiger partial charge in [0.2, 0.25) is 0 Å². The molecule has 0 spiro atoms. The van der Waals surface area contributed by atoms with E-state index < -0.39 is 5.97 Å². The minimum absolute atomic E-state index is 0.0825. The van der Waals surface area contributed by atoms with Crippen molar-refractivity contribution in [3.8, 4) is 11.5 Å². The lowest BCUT2D eigenvalue weighted by atomic mass is 10.3. The Morgan fingerprint density at radius 3 is 2.53 bits per heavy atom. The largest absolute Gasteiger partial charge is 0.493 e. The number of hydrogen-bond acceptors (Lipinski definition) is 4. The minimum Gasteiger partial charge on any atom is -0.493 e. The molecular weight excluding hydrogens is 220 g/mol. The van der Waals surface area contributed by atoms with Crippen molar-refractivity contribution in [2.45, 2.75) is 6.92 Å². The smallest absolute Gasteiger partial charge is 0.336 e. The molecular formula is C13H16O4. The fraction of sp³-hybridized carbons (Fsp3) is 0.308. The van der Waals surface area contributed by atoms with Gasteiger partial charge in [-0.05, 0) is 19.1 Å². The third kappa shape index (κ3) is 3.83. The SMILES string of the molecule is C=C(COc1ccccc1OC)C(=O)OCC. The summed E-state index contributed by atoms with van der Waals surface area (Å²) >= 11 is 0. The minimum atomic E-state index is -0.442. The number of methoxy groups -OCH3 is 1. The number of para-hydroxylation sites is 2. The third-order valence-electron chi connectivity index (χ3n) is 2.04. The predicted octanol–water partition coefficient (Wildman–Crippen LogP) is 2.19. The molecule has 0 aromatic heterocycles. The zero-order chi connectivity index (χ0) is 12.7. The Kier molecular flexibility index (Phi) is 5.07. The molecule has 17 heavy (non-hydrogen) atoms. The topological polar surface area (TPSA) is 44.8 Å². The number of rotatable bonds is 6. The maximum Gasteiger partial charge on any atom is 0.336 e. The van der Waals surface area contributed by atoms with Crippen molar-refractivity contribution < 1.29 is 19.0 Å². The van der Waals surface area contributed by atoms with Crippen molar-refractivity contribution in [2.75, 3.05) is 20.3 Å². The molecule has 1 aromatic carbocycles. The van der Waals surface area contributed by atoms with Crippen molar-refractivity contribution in [3.05, 3.63) is 36.4 Å². The Bertz CT molecular complexity index is 398. The molecule has 1 aromatic rings. The molecule has 0 atom stereocenters. The van der Waals surface area contributed by atoms with Gasteiger partial charge in [-0.2, -0.15) is 0 Å². The average molecular weight is 236 g/mol. The fourth-order valence-electron chi connectivity index (χ4n) is 1.19. The molecule has 1 rings (SSSR count). The van der Waals surface area contributed by atoms with Crippen LogP contribution in [0.2, 0.25) is 0 Å². The van der Waals surface area contributed by atoms with Crippen LogP contribution in [0.25, 0.3) is 0 Å². The van der Waals surface area contributed by atoms with Gasteiger partial charge in [-0.3, -0.25) is 0 Å². The van der Waals surface area contributed by atoms with E-state index in [1.807, 2.05) is 12.1 Å². The molecule has 0 heterocycles. The van der Waals surface area contributed by atoms with Gasteiger partial charge in [-0.15, -0.1) is 0 Å². The molecule has 0 bridgehead atoms. The summed E-state index contributed by atoms with van der Waals surface area (Å²) in [6, 6.07) is 7.20. The normalized spacial score (nSPS) is 9.53. The zero-order valence-corrected chi connectivity index (χ0v) is 10.1. The van der Waals surface area contributed by atoms with E-state index in [0.717, 1.165) is 0 Å². The maximum absolute atomic E-state index is 11.3. The second-order valence-corrected chi connectivity index (χ2v) is 3.26. The van der Waals surface area contributed by atoms with Crippen molar-refractivity contribution >= 4 is 5.97 Å². The lowest BCUT2D eigenvalue weighted by Gasteiger charge is -2.11. The first kappa shape index (κ1) is 13.1. The van der Waals surface area contributed by atoms with Crippen LogP contribution in [0.5, 0.6) is 11.5 Å². The molecule has 0 fully saturated rings. The summed E-state index contributed by atoms with van der Waals surface area (Å²) in [7, 11) is 1.56. The molecule has 4 nitrogen and oxygen atoms in total. The van der Waals surface area contributed by atoms with E-state index in [9.17, 15) is 4.79 Å². The first-order valence-corrected chi connectivity index (χ1v) is 5.29. The molecule has 0 N–H and O–H groups in total. The van der Waals surface area contributed by atoms with Gasteiger partial charge < -0.3 is 14.2 Å². The lowest BCUT2D eigenvalue weighted by molar-refractivity contribution is -0.138. The zero-order valence-electron chi connectivity index (χ0n) is 10.1. The van der Waals surface area contributed by atoms with Crippen molar-refractivity contribution in [3.63, 3.8) is 0 Å². The Morgan fingerprint density at radius 1 is 1.29 bits per heavy atom. The summed E-state index contributed by atoms with van der Waals surface area (Å²) in [5.74, 6) is 0.743.